The van der Waals surface area contributed by atoms with Crippen molar-refractivity contribution < 1.29 is 9.59 Å². The van der Waals surface area contributed by atoms with Crippen LogP contribution in [0.5, 0.6) is 0 Å². The minimum Gasteiger partial charge on any atom is -0.326 e. The molecule has 0 aromatic heterocycles. The van der Waals surface area contributed by atoms with Crippen LogP contribution < -0.4 is 10.6 Å². The van der Waals surface area contributed by atoms with Crippen LogP contribution in [-0.4, -0.2) is 11.8 Å². The number of fused-ring (bicyclic) bond motifs is 1. The third kappa shape index (κ3) is 2.86. The molecule has 0 spiro atoms. The first kappa shape index (κ1) is 14.3. The third-order valence-electron chi connectivity index (χ3n) is 3.83. The smallest absolute Gasteiger partial charge is 0.255 e. The van der Waals surface area contributed by atoms with E-state index in [1.165, 1.54) is 5.56 Å². The summed E-state index contributed by atoms with van der Waals surface area (Å²) < 4.78 is 0. The number of nitrogens with one attached hydrogen (secondary N) is 2. The van der Waals surface area contributed by atoms with Gasteiger partial charge in [-0.3, -0.25) is 9.59 Å². The molecule has 0 unspecified atom stereocenters. The van der Waals surface area contributed by atoms with E-state index in [0.717, 1.165) is 16.9 Å². The number of carbonyl (C=O) groups excluding carboxylic acids is 2. The zero-order chi connectivity index (χ0) is 15.7. The van der Waals surface area contributed by atoms with Crippen molar-refractivity contribution in [2.24, 2.45) is 0 Å². The van der Waals surface area contributed by atoms with Crippen molar-refractivity contribution in [3.63, 3.8) is 0 Å². The van der Waals surface area contributed by atoms with Gasteiger partial charge in [-0.05, 0) is 47.4 Å². The maximum Gasteiger partial charge on any atom is 0.255 e. The summed E-state index contributed by atoms with van der Waals surface area (Å²) in [7, 11) is 0. The summed E-state index contributed by atoms with van der Waals surface area (Å²) in [6, 6.07) is 13.1. The Hall–Kier alpha value is -2.62. The van der Waals surface area contributed by atoms with Crippen LogP contribution in [0.25, 0.3) is 0 Å². The zero-order valence-electron chi connectivity index (χ0n) is 12.6. The number of hydrogen-bond donors (Lipinski definition) is 2. The third-order valence-corrected chi connectivity index (χ3v) is 3.83. The highest BCUT2D eigenvalue weighted by Crippen LogP contribution is 2.24. The fourth-order valence-corrected chi connectivity index (χ4v) is 2.53. The summed E-state index contributed by atoms with van der Waals surface area (Å²) in [6.45, 7) is 4.26. The van der Waals surface area contributed by atoms with Crippen molar-refractivity contribution in [1.82, 2.24) is 0 Å². The van der Waals surface area contributed by atoms with Crippen LogP contribution in [0.2, 0.25) is 0 Å². The molecular formula is C18H18N2O2. The number of hydrogen-bond acceptors (Lipinski definition) is 2. The van der Waals surface area contributed by atoms with E-state index in [-0.39, 0.29) is 11.8 Å². The molecule has 4 heteroatoms. The monoisotopic (exact) mass is 294 g/mol. The van der Waals surface area contributed by atoms with Crippen molar-refractivity contribution in [3.05, 3.63) is 59.2 Å². The van der Waals surface area contributed by atoms with Crippen molar-refractivity contribution >= 4 is 23.2 Å². The maximum absolute atomic E-state index is 12.3. The Labute approximate surface area is 129 Å². The van der Waals surface area contributed by atoms with Crippen molar-refractivity contribution in [3.8, 4) is 0 Å². The Kier molecular flexibility index (Phi) is 3.67. The minimum absolute atomic E-state index is 0.0307. The van der Waals surface area contributed by atoms with Crippen LogP contribution in [0, 0.1) is 0 Å². The molecule has 2 N–H and O–H groups in total. The number of amides is 2. The second-order valence-corrected chi connectivity index (χ2v) is 5.83. The van der Waals surface area contributed by atoms with Gasteiger partial charge in [0, 0.05) is 16.9 Å². The molecule has 0 radical (unpaired) electrons. The van der Waals surface area contributed by atoms with E-state index in [4.69, 9.17) is 0 Å². The van der Waals surface area contributed by atoms with Gasteiger partial charge in [0.05, 0.1) is 6.42 Å². The molecule has 0 fully saturated rings. The molecule has 1 aliphatic rings. The molecule has 0 aliphatic carbocycles. The summed E-state index contributed by atoms with van der Waals surface area (Å²) in [5.41, 5.74) is 4.23. The van der Waals surface area contributed by atoms with E-state index in [9.17, 15) is 9.59 Å². The predicted molar refractivity (Wildman–Crippen MR) is 87.3 cm³/mol. The van der Waals surface area contributed by atoms with Crippen LogP contribution >= 0.6 is 0 Å². The lowest BCUT2D eigenvalue weighted by atomic mass is 10.0. The number of benzene rings is 2. The quantitative estimate of drug-likeness (QED) is 0.909. The molecule has 4 nitrogen and oxygen atoms in total. The van der Waals surface area contributed by atoms with Gasteiger partial charge in [-0.2, -0.15) is 0 Å². The van der Waals surface area contributed by atoms with Gasteiger partial charge in [-0.15, -0.1) is 0 Å². The first-order valence-electron chi connectivity index (χ1n) is 7.37. The topological polar surface area (TPSA) is 58.2 Å². The average Bonchev–Trinajstić information content (AvgIpc) is 2.86. The summed E-state index contributed by atoms with van der Waals surface area (Å²) in [5.74, 6) is 0.266. The molecule has 2 amide bonds. The van der Waals surface area contributed by atoms with Crippen LogP contribution in [0.4, 0.5) is 11.4 Å². The Bertz CT molecular complexity index is 733. The van der Waals surface area contributed by atoms with Crippen molar-refractivity contribution in [1.29, 1.82) is 0 Å². The molecule has 0 bridgehead atoms. The predicted octanol–water partition coefficient (Wildman–Crippen LogP) is 3.56. The second-order valence-electron chi connectivity index (χ2n) is 5.83. The van der Waals surface area contributed by atoms with Crippen LogP contribution in [-0.2, 0) is 11.2 Å². The Morgan fingerprint density at radius 2 is 1.86 bits per heavy atom. The molecular weight excluding hydrogens is 276 g/mol. The summed E-state index contributed by atoms with van der Waals surface area (Å²) in [5, 5.41) is 5.64. The molecule has 3 rings (SSSR count). The molecule has 112 valence electrons. The van der Waals surface area contributed by atoms with Crippen molar-refractivity contribution in [2.45, 2.75) is 26.2 Å². The van der Waals surface area contributed by atoms with Gasteiger partial charge in [-0.25, -0.2) is 0 Å². The van der Waals surface area contributed by atoms with Crippen LogP contribution in [0.1, 0.15) is 41.3 Å². The minimum atomic E-state index is -0.167. The fourth-order valence-electron chi connectivity index (χ4n) is 2.53. The highest BCUT2D eigenvalue weighted by atomic mass is 16.2. The Balaban J connectivity index is 1.75. The van der Waals surface area contributed by atoms with Gasteiger partial charge in [0.25, 0.3) is 5.91 Å². The normalized spacial score (nSPS) is 13.0. The average molecular weight is 294 g/mol. The molecule has 0 saturated carbocycles. The van der Waals surface area contributed by atoms with E-state index < -0.39 is 0 Å². The SMILES string of the molecule is CC(C)c1ccc(NC(=O)c2ccc3c(c2)CC(=O)N3)cc1. The number of anilines is 2. The summed E-state index contributed by atoms with van der Waals surface area (Å²) >= 11 is 0. The molecule has 2 aromatic carbocycles. The van der Waals surface area contributed by atoms with E-state index in [1.807, 2.05) is 24.3 Å². The van der Waals surface area contributed by atoms with Crippen LogP contribution in [0.3, 0.4) is 0 Å². The number of rotatable bonds is 3. The fraction of sp³-hybridized carbons (Fsp3) is 0.222. The second kappa shape index (κ2) is 5.64. The largest absolute Gasteiger partial charge is 0.326 e. The summed E-state index contributed by atoms with van der Waals surface area (Å²) in [4.78, 5) is 23.6. The van der Waals surface area contributed by atoms with E-state index in [1.54, 1.807) is 18.2 Å². The van der Waals surface area contributed by atoms with Gasteiger partial charge < -0.3 is 10.6 Å². The van der Waals surface area contributed by atoms with Crippen LogP contribution in [0.15, 0.2) is 42.5 Å². The molecule has 0 atom stereocenters. The highest BCUT2D eigenvalue weighted by molar-refractivity contribution is 6.06. The standard InChI is InChI=1S/C18H18N2O2/c1-11(2)12-3-6-15(7-4-12)19-18(22)13-5-8-16-14(9-13)10-17(21)20-16/h3-9,11H,10H2,1-2H3,(H,19,22)(H,20,21). The van der Waals surface area contributed by atoms with E-state index >= 15 is 0 Å². The molecule has 1 aliphatic heterocycles. The Morgan fingerprint density at radius 3 is 2.55 bits per heavy atom. The highest BCUT2D eigenvalue weighted by Gasteiger charge is 2.19. The van der Waals surface area contributed by atoms with Gasteiger partial charge in [0.15, 0.2) is 0 Å². The molecule has 2 aromatic rings. The van der Waals surface area contributed by atoms with E-state index in [2.05, 4.69) is 24.5 Å². The summed E-state index contributed by atoms with van der Waals surface area (Å²) in [6.07, 6.45) is 0.333. The van der Waals surface area contributed by atoms with Crippen molar-refractivity contribution in [2.75, 3.05) is 10.6 Å². The van der Waals surface area contributed by atoms with E-state index in [0.29, 0.717) is 17.9 Å². The Morgan fingerprint density at radius 1 is 1.14 bits per heavy atom. The zero-order valence-corrected chi connectivity index (χ0v) is 12.6. The molecule has 22 heavy (non-hydrogen) atoms. The lowest BCUT2D eigenvalue weighted by Gasteiger charge is -2.09. The first-order valence-corrected chi connectivity index (χ1v) is 7.37. The van der Waals surface area contributed by atoms with Gasteiger partial charge in [0.1, 0.15) is 0 Å². The maximum atomic E-state index is 12.3. The number of carbonyl (C=O) groups is 2. The first-order chi connectivity index (χ1) is 10.5. The lowest BCUT2D eigenvalue weighted by Crippen LogP contribution is -2.12. The molecule has 0 saturated heterocycles. The van der Waals surface area contributed by atoms with Gasteiger partial charge in [0.2, 0.25) is 5.91 Å². The van der Waals surface area contributed by atoms with Gasteiger partial charge >= 0.3 is 0 Å². The lowest BCUT2D eigenvalue weighted by molar-refractivity contribution is -0.115. The molecule has 1 heterocycles. The van der Waals surface area contributed by atoms with Gasteiger partial charge in [-0.1, -0.05) is 26.0 Å².